The van der Waals surface area contributed by atoms with Crippen molar-refractivity contribution in [3.05, 3.63) is 69.5 Å². The fraction of sp³-hybridized carbons (Fsp3) is 0.263. The third-order valence-electron chi connectivity index (χ3n) is 3.69. The normalized spacial score (nSPS) is 11.9. The van der Waals surface area contributed by atoms with Gasteiger partial charge in [0.1, 0.15) is 18.5 Å². The van der Waals surface area contributed by atoms with Crippen molar-refractivity contribution in [2.24, 2.45) is 5.92 Å². The maximum Gasteiger partial charge on any atom is 0.329 e. The summed E-state index contributed by atoms with van der Waals surface area (Å²) in [4.78, 5) is 24.6. The summed E-state index contributed by atoms with van der Waals surface area (Å²) in [5.41, 5.74) is 0.533. The standard InChI is InChI=1S/C19H18Cl2FNO3/c1-11(2)17(23-18(24)13-5-3-4-6-16(13)22)19(25)26-10-12-7-8-14(20)15(21)9-12/h3-9,11,17H,10H2,1-2H3,(H,23,24)/t17-/m0/s1. The van der Waals surface area contributed by atoms with Gasteiger partial charge in [-0.1, -0.05) is 55.2 Å². The van der Waals surface area contributed by atoms with Crippen LogP contribution in [0.3, 0.4) is 0 Å². The summed E-state index contributed by atoms with van der Waals surface area (Å²) in [5, 5.41) is 3.29. The lowest BCUT2D eigenvalue weighted by Crippen LogP contribution is -2.45. The van der Waals surface area contributed by atoms with Gasteiger partial charge in [0.2, 0.25) is 0 Å². The monoisotopic (exact) mass is 397 g/mol. The Bertz CT molecular complexity index is 811. The van der Waals surface area contributed by atoms with Crippen LogP contribution in [0.5, 0.6) is 0 Å². The summed E-state index contributed by atoms with van der Waals surface area (Å²) < 4.78 is 19.0. The first-order valence-electron chi connectivity index (χ1n) is 7.95. The minimum Gasteiger partial charge on any atom is -0.459 e. The van der Waals surface area contributed by atoms with Gasteiger partial charge < -0.3 is 10.1 Å². The number of hydrogen-bond acceptors (Lipinski definition) is 3. The van der Waals surface area contributed by atoms with Crippen LogP contribution >= 0.6 is 23.2 Å². The molecule has 0 spiro atoms. The molecule has 0 aliphatic rings. The van der Waals surface area contributed by atoms with E-state index in [2.05, 4.69) is 5.32 Å². The first-order chi connectivity index (χ1) is 12.3. The van der Waals surface area contributed by atoms with E-state index in [9.17, 15) is 14.0 Å². The van der Waals surface area contributed by atoms with Gasteiger partial charge in [0.25, 0.3) is 5.91 Å². The molecule has 0 fully saturated rings. The number of hydrogen-bond donors (Lipinski definition) is 1. The van der Waals surface area contributed by atoms with Crippen LogP contribution < -0.4 is 5.32 Å². The fourth-order valence-electron chi connectivity index (χ4n) is 2.24. The van der Waals surface area contributed by atoms with Gasteiger partial charge in [0, 0.05) is 0 Å². The Morgan fingerprint density at radius 1 is 1.12 bits per heavy atom. The molecule has 7 heteroatoms. The highest BCUT2D eigenvalue weighted by atomic mass is 35.5. The van der Waals surface area contributed by atoms with Crippen molar-refractivity contribution in [1.82, 2.24) is 5.32 Å². The van der Waals surface area contributed by atoms with Gasteiger partial charge in [-0.2, -0.15) is 0 Å². The van der Waals surface area contributed by atoms with Gasteiger partial charge in [-0.3, -0.25) is 4.79 Å². The fourth-order valence-corrected chi connectivity index (χ4v) is 2.56. The van der Waals surface area contributed by atoms with Crippen molar-refractivity contribution in [2.45, 2.75) is 26.5 Å². The average Bonchev–Trinajstić information content (AvgIpc) is 2.60. The minimum absolute atomic E-state index is 0.0193. The molecule has 1 amide bonds. The molecule has 4 nitrogen and oxygen atoms in total. The first-order valence-corrected chi connectivity index (χ1v) is 8.71. The van der Waals surface area contributed by atoms with Crippen molar-refractivity contribution in [2.75, 3.05) is 0 Å². The van der Waals surface area contributed by atoms with Crippen molar-refractivity contribution in [3.63, 3.8) is 0 Å². The number of benzene rings is 2. The molecule has 0 bridgehead atoms. The molecule has 2 aromatic rings. The minimum atomic E-state index is -0.912. The number of carbonyl (C=O) groups excluding carboxylic acids is 2. The Hall–Kier alpha value is -2.11. The predicted octanol–water partition coefficient (Wildman–Crippen LogP) is 4.63. The summed E-state index contributed by atoms with van der Waals surface area (Å²) in [6.07, 6.45) is 0. The second kappa shape index (κ2) is 9.01. The Morgan fingerprint density at radius 2 is 1.81 bits per heavy atom. The van der Waals surface area contributed by atoms with Gasteiger partial charge in [-0.15, -0.1) is 0 Å². The van der Waals surface area contributed by atoms with Gasteiger partial charge in [-0.25, -0.2) is 9.18 Å². The molecule has 0 saturated heterocycles. The van der Waals surface area contributed by atoms with Crippen LogP contribution in [0.1, 0.15) is 29.8 Å². The molecule has 0 saturated carbocycles. The lowest BCUT2D eigenvalue weighted by atomic mass is 10.0. The second-order valence-corrected chi connectivity index (χ2v) is 6.85. The summed E-state index contributed by atoms with van der Waals surface area (Å²) in [6, 6.07) is 9.54. The topological polar surface area (TPSA) is 55.4 Å². The number of amides is 1. The molecule has 0 aliphatic heterocycles. The van der Waals surface area contributed by atoms with Crippen LogP contribution in [0, 0.1) is 11.7 Å². The van der Waals surface area contributed by atoms with Gasteiger partial charge in [-0.05, 0) is 35.7 Å². The van der Waals surface area contributed by atoms with E-state index in [1.54, 1.807) is 38.1 Å². The van der Waals surface area contributed by atoms with E-state index >= 15 is 0 Å². The van der Waals surface area contributed by atoms with Crippen LogP contribution in [0.4, 0.5) is 4.39 Å². The second-order valence-electron chi connectivity index (χ2n) is 6.03. The highest BCUT2D eigenvalue weighted by Gasteiger charge is 2.27. The number of nitrogens with one attached hydrogen (secondary N) is 1. The lowest BCUT2D eigenvalue weighted by molar-refractivity contribution is -0.148. The van der Waals surface area contributed by atoms with Crippen LogP contribution in [-0.4, -0.2) is 17.9 Å². The number of esters is 1. The number of rotatable bonds is 6. The van der Waals surface area contributed by atoms with Crippen molar-refractivity contribution < 1.29 is 18.7 Å². The Kier molecular flexibility index (Phi) is 7.00. The molecular formula is C19H18Cl2FNO3. The van der Waals surface area contributed by atoms with E-state index in [-0.39, 0.29) is 18.1 Å². The highest BCUT2D eigenvalue weighted by Crippen LogP contribution is 2.23. The molecule has 26 heavy (non-hydrogen) atoms. The molecule has 0 heterocycles. The average molecular weight is 398 g/mol. The first kappa shape index (κ1) is 20.2. The lowest BCUT2D eigenvalue weighted by Gasteiger charge is -2.21. The largest absolute Gasteiger partial charge is 0.459 e. The molecule has 1 N–H and O–H groups in total. The SMILES string of the molecule is CC(C)[C@H](NC(=O)c1ccccc1F)C(=O)OCc1ccc(Cl)c(Cl)c1. The highest BCUT2D eigenvalue weighted by molar-refractivity contribution is 6.42. The quantitative estimate of drug-likeness (QED) is 0.722. The zero-order valence-corrected chi connectivity index (χ0v) is 15.8. The zero-order valence-electron chi connectivity index (χ0n) is 14.3. The molecular weight excluding hydrogens is 380 g/mol. The van der Waals surface area contributed by atoms with Gasteiger partial charge in [0.15, 0.2) is 0 Å². The van der Waals surface area contributed by atoms with Crippen molar-refractivity contribution in [1.29, 1.82) is 0 Å². The van der Waals surface area contributed by atoms with Crippen LogP contribution in [0.15, 0.2) is 42.5 Å². The van der Waals surface area contributed by atoms with E-state index in [4.69, 9.17) is 27.9 Å². The summed E-state index contributed by atoms with van der Waals surface area (Å²) >= 11 is 11.8. The van der Waals surface area contributed by atoms with E-state index in [0.29, 0.717) is 15.6 Å². The van der Waals surface area contributed by atoms with Crippen LogP contribution in [0.25, 0.3) is 0 Å². The van der Waals surface area contributed by atoms with Gasteiger partial charge >= 0.3 is 5.97 Å². The summed E-state index contributed by atoms with van der Waals surface area (Å²) in [7, 11) is 0. The van der Waals surface area contributed by atoms with Crippen LogP contribution in [0.2, 0.25) is 10.0 Å². The van der Waals surface area contributed by atoms with E-state index < -0.39 is 23.7 Å². The maximum atomic E-state index is 13.7. The number of halogens is 3. The van der Waals surface area contributed by atoms with E-state index in [1.807, 2.05) is 0 Å². The number of ether oxygens (including phenoxy) is 1. The predicted molar refractivity (Wildman–Crippen MR) is 98.8 cm³/mol. The summed E-state index contributed by atoms with van der Waals surface area (Å²) in [6.45, 7) is 3.49. The molecule has 2 rings (SSSR count). The van der Waals surface area contributed by atoms with Crippen LogP contribution in [-0.2, 0) is 16.1 Å². The maximum absolute atomic E-state index is 13.7. The molecule has 1 atom stereocenters. The molecule has 138 valence electrons. The third-order valence-corrected chi connectivity index (χ3v) is 4.43. The zero-order chi connectivity index (χ0) is 19.3. The Morgan fingerprint density at radius 3 is 2.42 bits per heavy atom. The Labute approximate surface area is 161 Å². The third kappa shape index (κ3) is 5.19. The van der Waals surface area contributed by atoms with Crippen molar-refractivity contribution in [3.8, 4) is 0 Å². The smallest absolute Gasteiger partial charge is 0.329 e. The van der Waals surface area contributed by atoms with Crippen molar-refractivity contribution >= 4 is 35.1 Å². The number of carbonyl (C=O) groups is 2. The Balaban J connectivity index is 2.04. The van der Waals surface area contributed by atoms with E-state index in [1.165, 1.54) is 18.2 Å². The summed E-state index contributed by atoms with van der Waals surface area (Å²) in [5.74, 6) is -2.19. The molecule has 2 aromatic carbocycles. The van der Waals surface area contributed by atoms with Gasteiger partial charge in [0.05, 0.1) is 15.6 Å². The molecule has 0 unspecified atom stereocenters. The molecule has 0 aliphatic carbocycles. The molecule has 0 radical (unpaired) electrons. The van der Waals surface area contributed by atoms with E-state index in [0.717, 1.165) is 0 Å². The molecule has 0 aromatic heterocycles.